The molecule has 0 radical (unpaired) electrons. The van der Waals surface area contributed by atoms with Gasteiger partial charge >= 0.3 is 0 Å². The van der Waals surface area contributed by atoms with Crippen LogP contribution in [0.15, 0.2) is 47.4 Å². The molecule has 0 unspecified atom stereocenters. The lowest BCUT2D eigenvalue weighted by Gasteiger charge is -2.46. The maximum atomic E-state index is 13.2. The molecule has 0 aliphatic carbocycles. The molecule has 8 heteroatoms. The Morgan fingerprint density at radius 2 is 1.93 bits per heavy atom. The molecule has 2 aliphatic rings. The molecule has 0 saturated carbocycles. The molecule has 27 heavy (non-hydrogen) atoms. The third-order valence-electron chi connectivity index (χ3n) is 5.05. The number of carbonyl (C=O) groups is 1. The Balaban J connectivity index is 1.86. The minimum atomic E-state index is -4.04. The number of carbonyl (C=O) groups excluding carboxylic acids is 1. The molecule has 1 fully saturated rings. The summed E-state index contributed by atoms with van der Waals surface area (Å²) in [4.78, 5) is 12.7. The van der Waals surface area contributed by atoms with Crippen molar-refractivity contribution >= 4 is 15.7 Å². The molecule has 0 spiro atoms. The SMILES string of the molecule is COc1ccc2c(c1)[C@@H]1C[C@@](C)(NC(=O)[C@@H]1S(=O)(=O)c1ccc(F)cc1)O2. The summed E-state index contributed by atoms with van der Waals surface area (Å²) in [6.45, 7) is 1.71. The molecule has 1 saturated heterocycles. The van der Waals surface area contributed by atoms with Gasteiger partial charge in [0.25, 0.3) is 0 Å². The Labute approximate surface area is 156 Å². The van der Waals surface area contributed by atoms with E-state index in [1.165, 1.54) is 19.2 Å². The number of nitrogens with one attached hydrogen (secondary N) is 1. The van der Waals surface area contributed by atoms with Crippen molar-refractivity contribution in [1.82, 2.24) is 5.32 Å². The lowest BCUT2D eigenvalue weighted by Crippen LogP contribution is -2.63. The highest BCUT2D eigenvalue weighted by molar-refractivity contribution is 7.92. The molecule has 2 heterocycles. The van der Waals surface area contributed by atoms with Gasteiger partial charge in [0.15, 0.2) is 20.8 Å². The minimum Gasteiger partial charge on any atom is -0.497 e. The Bertz CT molecular complexity index is 1020. The minimum absolute atomic E-state index is 0.0939. The molecule has 4 rings (SSSR count). The van der Waals surface area contributed by atoms with Gasteiger partial charge in [0.2, 0.25) is 5.91 Å². The van der Waals surface area contributed by atoms with Crippen LogP contribution in [0.25, 0.3) is 0 Å². The number of rotatable bonds is 3. The number of hydrogen-bond donors (Lipinski definition) is 1. The first-order valence-corrected chi connectivity index (χ1v) is 9.97. The fraction of sp³-hybridized carbons (Fsp3) is 0.316. The van der Waals surface area contributed by atoms with E-state index in [0.29, 0.717) is 23.5 Å². The standard InChI is InChI=1S/C19H18FNO5S/c1-19-10-15(14-9-12(25-2)5-8-16(14)26-19)17(18(22)21-19)27(23,24)13-6-3-11(20)4-7-13/h3-9,15,17H,10H2,1-2H3,(H,21,22)/t15-,17+,19-/m0/s1. The van der Waals surface area contributed by atoms with Crippen LogP contribution < -0.4 is 14.8 Å². The number of amides is 1. The van der Waals surface area contributed by atoms with Gasteiger partial charge < -0.3 is 14.8 Å². The lowest BCUT2D eigenvalue weighted by atomic mass is 9.81. The zero-order valence-corrected chi connectivity index (χ0v) is 15.5. The Morgan fingerprint density at radius 1 is 1.22 bits per heavy atom. The number of ether oxygens (including phenoxy) is 2. The summed E-state index contributed by atoms with van der Waals surface area (Å²) in [5, 5.41) is 1.34. The number of sulfone groups is 1. The van der Waals surface area contributed by atoms with Gasteiger partial charge in [-0.3, -0.25) is 4.79 Å². The smallest absolute Gasteiger partial charge is 0.242 e. The summed E-state index contributed by atoms with van der Waals surface area (Å²) < 4.78 is 50.8. The van der Waals surface area contributed by atoms with Gasteiger partial charge in [0.05, 0.1) is 12.0 Å². The average Bonchev–Trinajstić information content (AvgIpc) is 2.60. The summed E-state index contributed by atoms with van der Waals surface area (Å²) in [6, 6.07) is 9.62. The molecule has 0 aromatic heterocycles. The van der Waals surface area contributed by atoms with Crippen LogP contribution in [0.1, 0.15) is 24.8 Å². The summed E-state index contributed by atoms with van der Waals surface area (Å²) in [5.41, 5.74) is -0.379. The van der Waals surface area contributed by atoms with E-state index in [1.807, 2.05) is 0 Å². The highest BCUT2D eigenvalue weighted by Gasteiger charge is 2.54. The maximum Gasteiger partial charge on any atom is 0.242 e. The number of methoxy groups -OCH3 is 1. The first-order valence-electron chi connectivity index (χ1n) is 8.42. The van der Waals surface area contributed by atoms with E-state index in [2.05, 4.69) is 5.32 Å². The van der Waals surface area contributed by atoms with Crippen molar-refractivity contribution in [3.63, 3.8) is 0 Å². The third kappa shape index (κ3) is 2.84. The molecular formula is C19H18FNO5S. The van der Waals surface area contributed by atoms with E-state index in [-0.39, 0.29) is 4.90 Å². The highest BCUT2D eigenvalue weighted by Crippen LogP contribution is 2.48. The normalized spacial score (nSPS) is 26.6. The van der Waals surface area contributed by atoms with Crippen LogP contribution in [0, 0.1) is 5.82 Å². The summed E-state index contributed by atoms with van der Waals surface area (Å²) in [7, 11) is -2.53. The van der Waals surface area contributed by atoms with Gasteiger partial charge in [-0.25, -0.2) is 12.8 Å². The molecule has 2 bridgehead atoms. The molecule has 2 aromatic rings. The first-order chi connectivity index (χ1) is 12.7. The van der Waals surface area contributed by atoms with Crippen molar-refractivity contribution in [2.45, 2.75) is 35.1 Å². The van der Waals surface area contributed by atoms with E-state index in [4.69, 9.17) is 9.47 Å². The highest BCUT2D eigenvalue weighted by atomic mass is 32.2. The van der Waals surface area contributed by atoms with Gasteiger partial charge in [-0.2, -0.15) is 0 Å². The van der Waals surface area contributed by atoms with Gasteiger partial charge in [0, 0.05) is 17.9 Å². The topological polar surface area (TPSA) is 81.7 Å². The van der Waals surface area contributed by atoms with Crippen molar-refractivity contribution < 1.29 is 27.1 Å². The summed E-state index contributed by atoms with van der Waals surface area (Å²) in [6.07, 6.45) is 0.296. The van der Waals surface area contributed by atoms with Crippen LogP contribution in [-0.4, -0.2) is 32.4 Å². The summed E-state index contributed by atoms with van der Waals surface area (Å²) >= 11 is 0. The average molecular weight is 391 g/mol. The van der Waals surface area contributed by atoms with Crippen LogP contribution in [0.3, 0.4) is 0 Å². The van der Waals surface area contributed by atoms with Crippen molar-refractivity contribution in [2.75, 3.05) is 7.11 Å². The molecular weight excluding hydrogens is 373 g/mol. The number of piperidine rings is 1. The second kappa shape index (κ2) is 5.95. The van der Waals surface area contributed by atoms with E-state index in [1.54, 1.807) is 25.1 Å². The van der Waals surface area contributed by atoms with E-state index in [0.717, 1.165) is 12.1 Å². The molecule has 142 valence electrons. The van der Waals surface area contributed by atoms with E-state index in [9.17, 15) is 17.6 Å². The van der Waals surface area contributed by atoms with Gasteiger partial charge in [-0.15, -0.1) is 0 Å². The Hall–Kier alpha value is -2.61. The molecule has 3 atom stereocenters. The van der Waals surface area contributed by atoms with Gasteiger partial charge in [0.1, 0.15) is 17.3 Å². The number of fused-ring (bicyclic) bond motifs is 4. The zero-order chi connectivity index (χ0) is 19.4. The van der Waals surface area contributed by atoms with Crippen LogP contribution in [-0.2, 0) is 14.6 Å². The fourth-order valence-corrected chi connectivity index (χ4v) is 5.66. The van der Waals surface area contributed by atoms with Gasteiger partial charge in [-0.05, 0) is 49.4 Å². The zero-order valence-electron chi connectivity index (χ0n) is 14.7. The lowest BCUT2D eigenvalue weighted by molar-refractivity contribution is -0.132. The maximum absolute atomic E-state index is 13.2. The van der Waals surface area contributed by atoms with Crippen molar-refractivity contribution in [2.24, 2.45) is 0 Å². The van der Waals surface area contributed by atoms with Gasteiger partial charge in [-0.1, -0.05) is 0 Å². The second-order valence-corrected chi connectivity index (χ2v) is 9.03. The van der Waals surface area contributed by atoms with Crippen molar-refractivity contribution in [1.29, 1.82) is 0 Å². The monoisotopic (exact) mass is 391 g/mol. The van der Waals surface area contributed by atoms with E-state index < -0.39 is 38.5 Å². The second-order valence-electron chi connectivity index (χ2n) is 6.96. The van der Waals surface area contributed by atoms with Crippen LogP contribution in [0.5, 0.6) is 11.5 Å². The molecule has 2 aromatic carbocycles. The summed E-state index contributed by atoms with van der Waals surface area (Å²) in [5.74, 6) is -0.737. The number of hydrogen-bond acceptors (Lipinski definition) is 5. The molecule has 1 amide bonds. The fourth-order valence-electron chi connectivity index (χ4n) is 3.84. The third-order valence-corrected chi connectivity index (χ3v) is 7.19. The molecule has 1 N–H and O–H groups in total. The van der Waals surface area contributed by atoms with Crippen LogP contribution in [0.2, 0.25) is 0 Å². The Kier molecular flexibility index (Phi) is 3.92. The molecule has 2 aliphatic heterocycles. The number of halogens is 1. The Morgan fingerprint density at radius 3 is 2.59 bits per heavy atom. The largest absolute Gasteiger partial charge is 0.497 e. The predicted molar refractivity (Wildman–Crippen MR) is 94.9 cm³/mol. The van der Waals surface area contributed by atoms with Crippen molar-refractivity contribution in [3.8, 4) is 11.5 Å². The predicted octanol–water partition coefficient (Wildman–Crippen LogP) is 2.39. The molecule has 6 nitrogen and oxygen atoms in total. The van der Waals surface area contributed by atoms with Crippen molar-refractivity contribution in [3.05, 3.63) is 53.8 Å². The quantitative estimate of drug-likeness (QED) is 0.813. The van der Waals surface area contributed by atoms with Crippen LogP contribution in [0.4, 0.5) is 4.39 Å². The van der Waals surface area contributed by atoms with E-state index >= 15 is 0 Å². The number of benzene rings is 2. The first kappa shape index (κ1) is 17.8. The van der Waals surface area contributed by atoms with Crippen LogP contribution >= 0.6 is 0 Å².